The fourth-order valence-corrected chi connectivity index (χ4v) is 3.86. The highest BCUT2D eigenvalue weighted by Crippen LogP contribution is 2.16. The molecule has 9 heteroatoms. The zero-order chi connectivity index (χ0) is 24.7. The SMILES string of the molecule is Cc1cnn(CC(Cc2ccccc2)C(=O)O)c(=O)c1CC(=O)NCc1cc(Cl)ccc1CN. The number of nitrogens with two attached hydrogens (primary N) is 1. The number of hydrogen-bond acceptors (Lipinski definition) is 5. The number of carboxylic acid groups (broad SMARTS) is 1. The van der Waals surface area contributed by atoms with Crippen LogP contribution in [0.4, 0.5) is 0 Å². The van der Waals surface area contributed by atoms with Gasteiger partial charge in [0, 0.05) is 23.7 Å². The smallest absolute Gasteiger partial charge is 0.308 e. The zero-order valence-corrected chi connectivity index (χ0v) is 19.6. The fourth-order valence-electron chi connectivity index (χ4n) is 3.67. The number of aromatic nitrogens is 2. The van der Waals surface area contributed by atoms with Crippen LogP contribution in [0.3, 0.4) is 0 Å². The minimum Gasteiger partial charge on any atom is -0.481 e. The van der Waals surface area contributed by atoms with Crippen molar-refractivity contribution in [3.8, 4) is 0 Å². The number of nitrogens with zero attached hydrogens (tertiary/aromatic N) is 2. The van der Waals surface area contributed by atoms with E-state index in [4.69, 9.17) is 17.3 Å². The molecule has 1 amide bonds. The summed E-state index contributed by atoms with van der Waals surface area (Å²) in [4.78, 5) is 37.5. The largest absolute Gasteiger partial charge is 0.481 e. The van der Waals surface area contributed by atoms with Crippen LogP contribution in [0.5, 0.6) is 0 Å². The maximum absolute atomic E-state index is 13.0. The van der Waals surface area contributed by atoms with E-state index in [1.807, 2.05) is 36.4 Å². The van der Waals surface area contributed by atoms with Gasteiger partial charge in [0.2, 0.25) is 5.91 Å². The van der Waals surface area contributed by atoms with Crippen LogP contribution in [0.2, 0.25) is 5.02 Å². The summed E-state index contributed by atoms with van der Waals surface area (Å²) in [7, 11) is 0. The zero-order valence-electron chi connectivity index (χ0n) is 18.8. The quantitative estimate of drug-likeness (QED) is 0.407. The summed E-state index contributed by atoms with van der Waals surface area (Å²) in [6.07, 6.45) is 1.59. The number of aliphatic carboxylic acids is 1. The van der Waals surface area contributed by atoms with Crippen molar-refractivity contribution in [3.05, 3.63) is 97.9 Å². The van der Waals surface area contributed by atoms with Crippen molar-refractivity contribution in [1.29, 1.82) is 0 Å². The van der Waals surface area contributed by atoms with E-state index >= 15 is 0 Å². The van der Waals surface area contributed by atoms with Crippen LogP contribution >= 0.6 is 11.6 Å². The van der Waals surface area contributed by atoms with Gasteiger partial charge in [-0.1, -0.05) is 48.0 Å². The van der Waals surface area contributed by atoms with Crippen LogP contribution in [0.25, 0.3) is 0 Å². The Morgan fingerprint density at radius 2 is 1.91 bits per heavy atom. The Bertz CT molecular complexity index is 1230. The summed E-state index contributed by atoms with van der Waals surface area (Å²) in [5.74, 6) is -2.20. The average Bonchev–Trinajstić information content (AvgIpc) is 2.82. The molecule has 4 N–H and O–H groups in total. The maximum Gasteiger partial charge on any atom is 0.308 e. The molecule has 2 aromatic carbocycles. The van der Waals surface area contributed by atoms with Gasteiger partial charge < -0.3 is 16.2 Å². The van der Waals surface area contributed by atoms with Crippen molar-refractivity contribution in [3.63, 3.8) is 0 Å². The summed E-state index contributed by atoms with van der Waals surface area (Å²) < 4.78 is 1.13. The predicted molar refractivity (Wildman–Crippen MR) is 129 cm³/mol. The molecule has 1 atom stereocenters. The van der Waals surface area contributed by atoms with Gasteiger partial charge in [0.25, 0.3) is 5.56 Å². The molecule has 0 aliphatic heterocycles. The second kappa shape index (κ2) is 11.6. The Morgan fingerprint density at radius 1 is 1.18 bits per heavy atom. The minimum absolute atomic E-state index is 0.0969. The highest BCUT2D eigenvalue weighted by Gasteiger charge is 2.22. The summed E-state index contributed by atoms with van der Waals surface area (Å²) in [6.45, 7) is 2.14. The van der Waals surface area contributed by atoms with E-state index in [9.17, 15) is 19.5 Å². The normalized spacial score (nSPS) is 11.7. The van der Waals surface area contributed by atoms with Crippen molar-refractivity contribution in [2.45, 2.75) is 39.4 Å². The third-order valence-electron chi connectivity index (χ3n) is 5.63. The van der Waals surface area contributed by atoms with Crippen molar-refractivity contribution in [1.82, 2.24) is 15.1 Å². The molecule has 1 unspecified atom stereocenters. The van der Waals surface area contributed by atoms with Crippen molar-refractivity contribution >= 4 is 23.5 Å². The van der Waals surface area contributed by atoms with Gasteiger partial charge in [0.05, 0.1) is 25.1 Å². The molecule has 178 valence electrons. The molecule has 0 aliphatic rings. The average molecular weight is 483 g/mol. The van der Waals surface area contributed by atoms with E-state index in [1.165, 1.54) is 6.20 Å². The van der Waals surface area contributed by atoms with E-state index in [-0.39, 0.29) is 37.4 Å². The second-order valence-electron chi connectivity index (χ2n) is 8.09. The third-order valence-corrected chi connectivity index (χ3v) is 5.86. The molecule has 1 aromatic heterocycles. The van der Waals surface area contributed by atoms with E-state index < -0.39 is 17.4 Å². The summed E-state index contributed by atoms with van der Waals surface area (Å²) in [5, 5.41) is 17.1. The van der Waals surface area contributed by atoms with Gasteiger partial charge in [-0.25, -0.2) is 4.68 Å². The van der Waals surface area contributed by atoms with Crippen LogP contribution < -0.4 is 16.6 Å². The lowest BCUT2D eigenvalue weighted by molar-refractivity contribution is -0.142. The first-order valence-electron chi connectivity index (χ1n) is 10.8. The lowest BCUT2D eigenvalue weighted by atomic mass is 9.99. The molecule has 0 spiro atoms. The Morgan fingerprint density at radius 3 is 2.59 bits per heavy atom. The Labute approximate surface area is 202 Å². The van der Waals surface area contributed by atoms with E-state index in [2.05, 4.69) is 10.4 Å². The minimum atomic E-state index is -1.02. The van der Waals surface area contributed by atoms with Gasteiger partial charge in [-0.05, 0) is 47.7 Å². The second-order valence-corrected chi connectivity index (χ2v) is 8.53. The van der Waals surface area contributed by atoms with Gasteiger partial charge in [-0.3, -0.25) is 14.4 Å². The fraction of sp³-hybridized carbons (Fsp3) is 0.280. The molecule has 1 heterocycles. The highest BCUT2D eigenvalue weighted by molar-refractivity contribution is 6.30. The first kappa shape index (κ1) is 25.1. The number of amides is 1. The van der Waals surface area contributed by atoms with Gasteiger partial charge >= 0.3 is 5.97 Å². The molecule has 0 saturated heterocycles. The van der Waals surface area contributed by atoms with Gasteiger partial charge in [-0.15, -0.1) is 0 Å². The molecule has 3 aromatic rings. The summed E-state index contributed by atoms with van der Waals surface area (Å²) in [6, 6.07) is 14.5. The first-order valence-corrected chi connectivity index (χ1v) is 11.2. The molecule has 0 saturated carbocycles. The maximum atomic E-state index is 13.0. The van der Waals surface area contributed by atoms with Crippen molar-refractivity contribution in [2.24, 2.45) is 11.7 Å². The molecule has 0 aliphatic carbocycles. The summed E-state index contributed by atoms with van der Waals surface area (Å²) in [5.41, 5.74) is 8.64. The molecule has 34 heavy (non-hydrogen) atoms. The third kappa shape index (κ3) is 6.52. The predicted octanol–water partition coefficient (Wildman–Crippen LogP) is 2.47. The van der Waals surface area contributed by atoms with Gasteiger partial charge in [-0.2, -0.15) is 5.10 Å². The number of carbonyl (C=O) groups is 2. The lowest BCUT2D eigenvalue weighted by Crippen LogP contribution is -2.35. The first-order chi connectivity index (χ1) is 16.3. The molecular weight excluding hydrogens is 456 g/mol. The van der Waals surface area contributed by atoms with Crippen LogP contribution in [-0.4, -0.2) is 26.8 Å². The Kier molecular flexibility index (Phi) is 8.56. The number of nitrogens with one attached hydrogen (secondary N) is 1. The van der Waals surface area contributed by atoms with E-state index in [1.54, 1.807) is 19.1 Å². The number of aryl methyl sites for hydroxylation is 1. The van der Waals surface area contributed by atoms with E-state index in [0.717, 1.165) is 21.4 Å². The number of benzene rings is 2. The standard InChI is InChI=1S/C25H27ClN4O4/c1-16-13-29-30(15-20(25(33)34)9-17-5-3-2-4-6-17)24(32)22(16)11-23(31)28-14-19-10-21(26)8-7-18(19)12-27/h2-8,10,13,20H,9,11-12,14-15,27H2,1H3,(H,28,31)(H,33,34). The molecule has 8 nitrogen and oxygen atoms in total. The number of carboxylic acids is 1. The molecular formula is C25H27ClN4O4. The Balaban J connectivity index is 1.73. The van der Waals surface area contributed by atoms with Crippen molar-refractivity contribution in [2.75, 3.05) is 0 Å². The summed E-state index contributed by atoms with van der Waals surface area (Å²) >= 11 is 6.05. The number of rotatable bonds is 10. The van der Waals surface area contributed by atoms with Crippen LogP contribution in [0.15, 0.2) is 59.5 Å². The van der Waals surface area contributed by atoms with Crippen molar-refractivity contribution < 1.29 is 14.7 Å². The van der Waals surface area contributed by atoms with Gasteiger partial charge in [0.15, 0.2) is 0 Å². The number of carbonyl (C=O) groups excluding carboxylic acids is 1. The molecule has 0 fully saturated rings. The van der Waals surface area contributed by atoms with Crippen LogP contribution in [0.1, 0.15) is 27.8 Å². The molecule has 0 bridgehead atoms. The number of halogens is 1. The molecule has 0 radical (unpaired) electrons. The van der Waals surface area contributed by atoms with Crippen LogP contribution in [0, 0.1) is 12.8 Å². The monoisotopic (exact) mass is 482 g/mol. The highest BCUT2D eigenvalue weighted by atomic mass is 35.5. The lowest BCUT2D eigenvalue weighted by Gasteiger charge is -2.15. The van der Waals surface area contributed by atoms with Crippen LogP contribution in [-0.2, 0) is 42.1 Å². The molecule has 3 rings (SSSR count). The van der Waals surface area contributed by atoms with Gasteiger partial charge in [0.1, 0.15) is 0 Å². The Hall–Kier alpha value is -3.49. The van der Waals surface area contributed by atoms with E-state index in [0.29, 0.717) is 17.1 Å². The topological polar surface area (TPSA) is 127 Å². The number of hydrogen-bond donors (Lipinski definition) is 3.